The molecule has 2 rings (SSSR count). The first-order valence-electron chi connectivity index (χ1n) is 7.74. The molecular formula is C17H26N2O2. The van der Waals surface area contributed by atoms with Gasteiger partial charge in [0.15, 0.2) is 0 Å². The summed E-state index contributed by atoms with van der Waals surface area (Å²) in [7, 11) is 0. The van der Waals surface area contributed by atoms with E-state index in [2.05, 4.69) is 12.2 Å². The second-order valence-electron chi connectivity index (χ2n) is 6.22. The molecule has 21 heavy (non-hydrogen) atoms. The highest BCUT2D eigenvalue weighted by Crippen LogP contribution is 2.34. The highest BCUT2D eigenvalue weighted by Gasteiger charge is 2.34. The smallest absolute Gasteiger partial charge is 0.250 e. The van der Waals surface area contributed by atoms with Crippen LogP contribution in [0.15, 0.2) is 24.3 Å². The van der Waals surface area contributed by atoms with E-state index in [0.29, 0.717) is 6.54 Å². The first-order chi connectivity index (χ1) is 10.0. The van der Waals surface area contributed by atoms with E-state index in [0.717, 1.165) is 42.9 Å². The van der Waals surface area contributed by atoms with Crippen molar-refractivity contribution in [3.8, 4) is 0 Å². The first-order valence-corrected chi connectivity index (χ1v) is 7.74. The summed E-state index contributed by atoms with van der Waals surface area (Å²) in [5.41, 5.74) is 7.47. The highest BCUT2D eigenvalue weighted by molar-refractivity contribution is 5.92. The number of benzene rings is 1. The van der Waals surface area contributed by atoms with E-state index in [1.807, 2.05) is 31.2 Å². The molecule has 0 saturated heterocycles. The number of hydrogen-bond acceptors (Lipinski definition) is 3. The van der Waals surface area contributed by atoms with Gasteiger partial charge in [0.2, 0.25) is 5.91 Å². The van der Waals surface area contributed by atoms with Crippen LogP contribution < -0.4 is 11.1 Å². The number of para-hydroxylation sites is 1. The molecule has 4 nitrogen and oxygen atoms in total. The van der Waals surface area contributed by atoms with Crippen molar-refractivity contribution in [2.45, 2.75) is 45.1 Å². The zero-order valence-electron chi connectivity index (χ0n) is 13.0. The summed E-state index contributed by atoms with van der Waals surface area (Å²) in [5.74, 6) is 0.616. The van der Waals surface area contributed by atoms with Crippen molar-refractivity contribution in [3.63, 3.8) is 0 Å². The van der Waals surface area contributed by atoms with Gasteiger partial charge in [-0.1, -0.05) is 25.1 Å². The van der Waals surface area contributed by atoms with Gasteiger partial charge in [-0.2, -0.15) is 0 Å². The van der Waals surface area contributed by atoms with Crippen LogP contribution >= 0.6 is 0 Å². The van der Waals surface area contributed by atoms with Crippen molar-refractivity contribution < 1.29 is 9.53 Å². The Balaban J connectivity index is 1.87. The molecule has 1 aliphatic rings. The molecule has 0 heterocycles. The molecule has 0 unspecified atom stereocenters. The molecule has 116 valence electrons. The topological polar surface area (TPSA) is 64.3 Å². The maximum Gasteiger partial charge on any atom is 0.250 e. The molecule has 1 amide bonds. The molecule has 3 N–H and O–H groups in total. The second-order valence-corrected chi connectivity index (χ2v) is 6.22. The van der Waals surface area contributed by atoms with Crippen LogP contribution in [0.1, 0.15) is 38.2 Å². The molecule has 1 aromatic carbocycles. The zero-order chi connectivity index (χ0) is 15.3. The fraction of sp³-hybridized carbons (Fsp3) is 0.588. The SMILES string of the molecule is Cc1ccccc1NC(=O)COC1(CN)CCC(C)CC1. The van der Waals surface area contributed by atoms with E-state index in [4.69, 9.17) is 10.5 Å². The summed E-state index contributed by atoms with van der Waals surface area (Å²) in [6.45, 7) is 4.78. The van der Waals surface area contributed by atoms with E-state index in [-0.39, 0.29) is 18.1 Å². The molecular weight excluding hydrogens is 264 g/mol. The second kappa shape index (κ2) is 7.05. The fourth-order valence-electron chi connectivity index (χ4n) is 2.81. The lowest BCUT2D eigenvalue weighted by Gasteiger charge is -2.38. The maximum absolute atomic E-state index is 12.1. The van der Waals surface area contributed by atoms with Crippen LogP contribution in [0, 0.1) is 12.8 Å². The number of carbonyl (C=O) groups is 1. The van der Waals surface area contributed by atoms with Gasteiger partial charge in [0.05, 0.1) is 5.60 Å². The molecule has 0 radical (unpaired) electrons. The molecule has 0 bridgehead atoms. The average molecular weight is 290 g/mol. The quantitative estimate of drug-likeness (QED) is 0.876. The summed E-state index contributed by atoms with van der Waals surface area (Å²) in [5, 5.41) is 2.90. The Kier molecular flexibility index (Phi) is 5.37. The number of amides is 1. The van der Waals surface area contributed by atoms with Crippen LogP contribution in [0.2, 0.25) is 0 Å². The summed E-state index contributed by atoms with van der Waals surface area (Å²) >= 11 is 0. The van der Waals surface area contributed by atoms with E-state index >= 15 is 0 Å². The van der Waals surface area contributed by atoms with Gasteiger partial charge < -0.3 is 15.8 Å². The lowest BCUT2D eigenvalue weighted by atomic mass is 9.79. The Labute approximate surface area is 127 Å². The van der Waals surface area contributed by atoms with Gasteiger partial charge in [0.25, 0.3) is 0 Å². The lowest BCUT2D eigenvalue weighted by Crippen LogP contribution is -2.45. The normalized spacial score (nSPS) is 25.6. The van der Waals surface area contributed by atoms with Crippen LogP contribution in [-0.2, 0) is 9.53 Å². The lowest BCUT2D eigenvalue weighted by molar-refractivity contribution is -0.131. The van der Waals surface area contributed by atoms with Crippen molar-refractivity contribution in [3.05, 3.63) is 29.8 Å². The van der Waals surface area contributed by atoms with Gasteiger partial charge >= 0.3 is 0 Å². The van der Waals surface area contributed by atoms with Crippen LogP contribution in [0.5, 0.6) is 0 Å². The molecule has 4 heteroatoms. The Hall–Kier alpha value is -1.39. The van der Waals surface area contributed by atoms with Crippen molar-refractivity contribution in [1.29, 1.82) is 0 Å². The third-order valence-corrected chi connectivity index (χ3v) is 4.49. The average Bonchev–Trinajstić information content (AvgIpc) is 2.50. The van der Waals surface area contributed by atoms with Gasteiger partial charge in [0.1, 0.15) is 6.61 Å². The maximum atomic E-state index is 12.1. The molecule has 0 aromatic heterocycles. The number of ether oxygens (including phenoxy) is 1. The molecule has 1 aromatic rings. The Morgan fingerprint density at radius 1 is 1.38 bits per heavy atom. The van der Waals surface area contributed by atoms with Gasteiger partial charge in [0, 0.05) is 12.2 Å². The fourth-order valence-corrected chi connectivity index (χ4v) is 2.81. The number of hydrogen-bond donors (Lipinski definition) is 2. The number of rotatable bonds is 5. The molecule has 1 saturated carbocycles. The number of aryl methyl sites for hydroxylation is 1. The molecule has 0 aliphatic heterocycles. The van der Waals surface area contributed by atoms with E-state index in [1.54, 1.807) is 0 Å². The van der Waals surface area contributed by atoms with Crippen molar-refractivity contribution >= 4 is 11.6 Å². The van der Waals surface area contributed by atoms with E-state index in [9.17, 15) is 4.79 Å². The predicted molar refractivity (Wildman–Crippen MR) is 85.2 cm³/mol. The minimum atomic E-state index is -0.310. The summed E-state index contributed by atoms with van der Waals surface area (Å²) in [6, 6.07) is 7.73. The van der Waals surface area contributed by atoms with Crippen molar-refractivity contribution in [2.75, 3.05) is 18.5 Å². The molecule has 0 atom stereocenters. The minimum absolute atomic E-state index is 0.0694. The molecule has 0 spiro atoms. The predicted octanol–water partition coefficient (Wildman–Crippen LogP) is 2.86. The molecule has 1 aliphatic carbocycles. The third-order valence-electron chi connectivity index (χ3n) is 4.49. The van der Waals surface area contributed by atoms with Crippen LogP contribution in [-0.4, -0.2) is 24.7 Å². The Morgan fingerprint density at radius 3 is 2.67 bits per heavy atom. The number of carbonyl (C=O) groups excluding carboxylic acids is 1. The highest BCUT2D eigenvalue weighted by atomic mass is 16.5. The number of nitrogens with two attached hydrogens (primary N) is 1. The summed E-state index contributed by atoms with van der Waals surface area (Å²) in [6.07, 6.45) is 4.14. The largest absolute Gasteiger partial charge is 0.364 e. The van der Waals surface area contributed by atoms with Crippen LogP contribution in [0.3, 0.4) is 0 Å². The van der Waals surface area contributed by atoms with E-state index < -0.39 is 0 Å². The third kappa shape index (κ3) is 4.29. The summed E-state index contributed by atoms with van der Waals surface area (Å²) in [4.78, 5) is 12.1. The number of anilines is 1. The summed E-state index contributed by atoms with van der Waals surface area (Å²) < 4.78 is 5.90. The standard InChI is InChI=1S/C17H26N2O2/c1-13-7-9-17(12-18,10-8-13)21-11-16(20)19-15-6-4-3-5-14(15)2/h3-6,13H,7-12,18H2,1-2H3,(H,19,20). The van der Waals surface area contributed by atoms with Gasteiger partial charge in [-0.3, -0.25) is 4.79 Å². The first kappa shape index (κ1) is 16.0. The van der Waals surface area contributed by atoms with Crippen LogP contribution in [0.4, 0.5) is 5.69 Å². The van der Waals surface area contributed by atoms with Crippen molar-refractivity contribution in [2.24, 2.45) is 11.7 Å². The Morgan fingerprint density at radius 2 is 2.05 bits per heavy atom. The Bertz CT molecular complexity index is 479. The molecule has 1 fully saturated rings. The van der Waals surface area contributed by atoms with E-state index in [1.165, 1.54) is 0 Å². The van der Waals surface area contributed by atoms with Gasteiger partial charge in [-0.15, -0.1) is 0 Å². The minimum Gasteiger partial charge on any atom is -0.364 e. The van der Waals surface area contributed by atoms with Gasteiger partial charge in [-0.25, -0.2) is 0 Å². The van der Waals surface area contributed by atoms with Crippen LogP contribution in [0.25, 0.3) is 0 Å². The zero-order valence-corrected chi connectivity index (χ0v) is 13.0. The van der Waals surface area contributed by atoms with Crippen molar-refractivity contribution in [1.82, 2.24) is 0 Å². The van der Waals surface area contributed by atoms with Gasteiger partial charge in [-0.05, 0) is 50.2 Å². The number of nitrogens with one attached hydrogen (secondary N) is 1. The monoisotopic (exact) mass is 290 g/mol.